The first-order valence-corrected chi connectivity index (χ1v) is 16.4. The van der Waals surface area contributed by atoms with Crippen LogP contribution in [0.25, 0.3) is 28.2 Å². The summed E-state index contributed by atoms with van der Waals surface area (Å²) >= 11 is 0. The van der Waals surface area contributed by atoms with E-state index in [4.69, 9.17) is 4.98 Å². The average Bonchev–Trinajstić information content (AvgIpc) is 3.59. The molecule has 3 heteroatoms. The van der Waals surface area contributed by atoms with Crippen molar-refractivity contribution < 1.29 is 0 Å². The average molecular weight is 566 g/mol. The fraction of sp³-hybridized carbons (Fsp3) is 0.325. The van der Waals surface area contributed by atoms with Crippen molar-refractivity contribution in [3.63, 3.8) is 0 Å². The molecule has 2 fully saturated rings. The minimum atomic E-state index is 0.584. The molecule has 3 nitrogen and oxygen atoms in total. The second-order valence-electron chi connectivity index (χ2n) is 12.6. The third-order valence-corrected chi connectivity index (χ3v) is 9.88. The highest BCUT2D eigenvalue weighted by Crippen LogP contribution is 2.45. The van der Waals surface area contributed by atoms with Gasteiger partial charge in [-0.25, -0.2) is 4.98 Å². The van der Waals surface area contributed by atoms with Crippen LogP contribution in [0.4, 0.5) is 11.4 Å². The maximum absolute atomic E-state index is 5.03. The summed E-state index contributed by atoms with van der Waals surface area (Å²) in [6.45, 7) is 0. The van der Waals surface area contributed by atoms with Gasteiger partial charge in [-0.15, -0.1) is 0 Å². The maximum atomic E-state index is 5.03. The standard InChI is InChI=1S/C40H43N3/c1-42(35-22-12-5-13-23-35)36-24-14-21-33(27-36)40-41-25-26-43(40)39-37(31-17-8-3-9-18-31)28-34(30-15-6-2-7-16-30)29-38(39)32-19-10-4-11-20-32/h2,5-7,12-16,21-29,31-32H,3-4,8-11,17-20H2,1H3. The Bertz CT molecular complexity index is 1600. The smallest absolute Gasteiger partial charge is 0.144 e. The predicted octanol–water partition coefficient (Wildman–Crippen LogP) is 11.1. The molecule has 43 heavy (non-hydrogen) atoms. The van der Waals surface area contributed by atoms with Crippen LogP contribution in [-0.4, -0.2) is 16.6 Å². The van der Waals surface area contributed by atoms with Gasteiger partial charge in [-0.1, -0.05) is 99.2 Å². The lowest BCUT2D eigenvalue weighted by molar-refractivity contribution is 0.434. The lowest BCUT2D eigenvalue weighted by atomic mass is 9.77. The van der Waals surface area contributed by atoms with Crippen molar-refractivity contribution in [2.45, 2.75) is 76.0 Å². The Morgan fingerprint density at radius 1 is 0.581 bits per heavy atom. The SMILES string of the molecule is CN(c1ccccc1)c1cccc(-c2nccn2-c2c(C3CCCCC3)cc(-c3ccccc3)cc2C2CCCCC2)c1. The molecular weight excluding hydrogens is 522 g/mol. The van der Waals surface area contributed by atoms with Crippen LogP contribution in [0.15, 0.2) is 109 Å². The van der Waals surface area contributed by atoms with Gasteiger partial charge in [0, 0.05) is 36.4 Å². The van der Waals surface area contributed by atoms with E-state index < -0.39 is 0 Å². The van der Waals surface area contributed by atoms with Crippen LogP contribution in [0, 0.1) is 0 Å². The van der Waals surface area contributed by atoms with Crippen LogP contribution in [0.1, 0.15) is 87.2 Å². The van der Waals surface area contributed by atoms with Crippen molar-refractivity contribution in [2.24, 2.45) is 0 Å². The van der Waals surface area contributed by atoms with Crippen LogP contribution in [0.2, 0.25) is 0 Å². The molecule has 218 valence electrons. The van der Waals surface area contributed by atoms with E-state index in [0.717, 1.165) is 17.1 Å². The molecule has 0 radical (unpaired) electrons. The first kappa shape index (κ1) is 27.7. The normalized spacial score (nSPS) is 16.3. The highest BCUT2D eigenvalue weighted by atomic mass is 15.1. The van der Waals surface area contributed by atoms with Gasteiger partial charge in [0.2, 0.25) is 0 Å². The molecule has 0 saturated heterocycles. The molecule has 0 unspecified atom stereocenters. The van der Waals surface area contributed by atoms with Crippen molar-refractivity contribution in [1.29, 1.82) is 0 Å². The molecule has 1 heterocycles. The summed E-state index contributed by atoms with van der Waals surface area (Å²) in [6.07, 6.45) is 17.3. The van der Waals surface area contributed by atoms with Gasteiger partial charge in [-0.3, -0.25) is 4.57 Å². The van der Waals surface area contributed by atoms with Gasteiger partial charge in [-0.05, 0) is 96.2 Å². The second-order valence-corrected chi connectivity index (χ2v) is 12.6. The molecule has 2 saturated carbocycles. The molecule has 0 aliphatic heterocycles. The van der Waals surface area contributed by atoms with E-state index in [2.05, 4.69) is 120 Å². The first-order valence-electron chi connectivity index (χ1n) is 16.4. The van der Waals surface area contributed by atoms with Gasteiger partial charge in [0.15, 0.2) is 0 Å². The topological polar surface area (TPSA) is 21.1 Å². The molecule has 0 spiro atoms. The Morgan fingerprint density at radius 3 is 1.77 bits per heavy atom. The van der Waals surface area contributed by atoms with Gasteiger partial charge < -0.3 is 4.90 Å². The number of hydrogen-bond acceptors (Lipinski definition) is 2. The third kappa shape index (κ3) is 5.78. The molecule has 0 bridgehead atoms. The van der Waals surface area contributed by atoms with Crippen molar-refractivity contribution >= 4 is 11.4 Å². The molecular formula is C40H43N3. The van der Waals surface area contributed by atoms with Crippen LogP contribution in [-0.2, 0) is 0 Å². The molecule has 0 atom stereocenters. The number of para-hydroxylation sites is 1. The van der Waals surface area contributed by atoms with Crippen LogP contribution < -0.4 is 4.90 Å². The third-order valence-electron chi connectivity index (χ3n) is 9.88. The minimum absolute atomic E-state index is 0.584. The number of hydrogen-bond donors (Lipinski definition) is 0. The predicted molar refractivity (Wildman–Crippen MR) is 181 cm³/mol. The zero-order chi connectivity index (χ0) is 29.0. The number of anilines is 2. The summed E-state index contributed by atoms with van der Waals surface area (Å²) < 4.78 is 2.45. The Balaban J connectivity index is 1.40. The summed E-state index contributed by atoms with van der Waals surface area (Å²) in [6, 6.07) is 35.6. The fourth-order valence-electron chi connectivity index (χ4n) is 7.56. The lowest BCUT2D eigenvalue weighted by Gasteiger charge is -2.31. The van der Waals surface area contributed by atoms with E-state index in [1.807, 2.05) is 6.20 Å². The highest BCUT2D eigenvalue weighted by Gasteiger charge is 2.28. The quantitative estimate of drug-likeness (QED) is 0.196. The fourth-order valence-corrected chi connectivity index (χ4v) is 7.56. The van der Waals surface area contributed by atoms with Crippen molar-refractivity contribution in [2.75, 3.05) is 11.9 Å². The van der Waals surface area contributed by atoms with Crippen molar-refractivity contribution in [3.05, 3.63) is 121 Å². The number of benzene rings is 4. The monoisotopic (exact) mass is 565 g/mol. The van der Waals surface area contributed by atoms with E-state index in [0.29, 0.717) is 11.8 Å². The van der Waals surface area contributed by atoms with Crippen LogP contribution >= 0.6 is 0 Å². The zero-order valence-corrected chi connectivity index (χ0v) is 25.5. The number of nitrogens with zero attached hydrogens (tertiary/aromatic N) is 3. The maximum Gasteiger partial charge on any atom is 0.144 e. The Labute approximate surface area is 257 Å². The molecule has 0 N–H and O–H groups in total. The first-order chi connectivity index (χ1) is 21.3. The second kappa shape index (κ2) is 12.6. The largest absolute Gasteiger partial charge is 0.345 e. The number of rotatable bonds is 7. The summed E-state index contributed by atoms with van der Waals surface area (Å²) in [7, 11) is 2.14. The van der Waals surface area contributed by atoms with Gasteiger partial charge in [0.05, 0.1) is 5.69 Å². The summed E-state index contributed by atoms with van der Waals surface area (Å²) in [5.41, 5.74) is 10.7. The minimum Gasteiger partial charge on any atom is -0.345 e. The van der Waals surface area contributed by atoms with E-state index in [9.17, 15) is 0 Å². The van der Waals surface area contributed by atoms with Crippen molar-refractivity contribution in [1.82, 2.24) is 9.55 Å². The molecule has 4 aromatic carbocycles. The Kier molecular flexibility index (Phi) is 8.14. The summed E-state index contributed by atoms with van der Waals surface area (Å²) in [5, 5.41) is 0. The van der Waals surface area contributed by atoms with E-state index >= 15 is 0 Å². The van der Waals surface area contributed by atoms with E-state index in [-0.39, 0.29) is 0 Å². The summed E-state index contributed by atoms with van der Waals surface area (Å²) in [4.78, 5) is 7.29. The van der Waals surface area contributed by atoms with E-state index in [1.165, 1.54) is 97.8 Å². The number of aromatic nitrogens is 2. The zero-order valence-electron chi connectivity index (χ0n) is 25.5. The van der Waals surface area contributed by atoms with E-state index in [1.54, 1.807) is 0 Å². The van der Waals surface area contributed by atoms with Gasteiger partial charge >= 0.3 is 0 Å². The van der Waals surface area contributed by atoms with Gasteiger partial charge in [0.1, 0.15) is 5.82 Å². The van der Waals surface area contributed by atoms with Crippen LogP contribution in [0.5, 0.6) is 0 Å². The molecule has 2 aliphatic carbocycles. The van der Waals surface area contributed by atoms with Gasteiger partial charge in [-0.2, -0.15) is 0 Å². The highest BCUT2D eigenvalue weighted by molar-refractivity contribution is 5.73. The lowest BCUT2D eigenvalue weighted by Crippen LogP contribution is -2.15. The Morgan fingerprint density at radius 2 is 1.14 bits per heavy atom. The molecule has 1 aromatic heterocycles. The molecule has 5 aromatic rings. The Hall–Kier alpha value is -4.11. The molecule has 0 amide bonds. The van der Waals surface area contributed by atoms with Crippen LogP contribution in [0.3, 0.4) is 0 Å². The van der Waals surface area contributed by atoms with Crippen molar-refractivity contribution in [3.8, 4) is 28.2 Å². The van der Waals surface area contributed by atoms with Gasteiger partial charge in [0.25, 0.3) is 0 Å². The number of imidazole rings is 1. The summed E-state index contributed by atoms with van der Waals surface area (Å²) in [5.74, 6) is 2.20. The molecule has 7 rings (SSSR count). The molecule has 2 aliphatic rings.